The highest BCUT2D eigenvalue weighted by Gasteiger charge is 2.51. The van der Waals surface area contributed by atoms with Crippen molar-refractivity contribution < 1.29 is 19.7 Å². The van der Waals surface area contributed by atoms with E-state index in [4.69, 9.17) is 10.8 Å². The molecule has 1 aliphatic carbocycles. The zero-order valence-electron chi connectivity index (χ0n) is 10.3. The van der Waals surface area contributed by atoms with Crippen LogP contribution in [0.3, 0.4) is 0 Å². The molecule has 0 spiro atoms. The van der Waals surface area contributed by atoms with E-state index in [1.54, 1.807) is 0 Å². The van der Waals surface area contributed by atoms with Crippen LogP contribution in [0, 0.1) is 5.92 Å². The number of rotatable bonds is 2. The van der Waals surface area contributed by atoms with Gasteiger partial charge in [0.2, 0.25) is 0 Å². The maximum Gasteiger partial charge on any atom is 0.165 e. The van der Waals surface area contributed by atoms with E-state index in [2.05, 4.69) is 15.0 Å². The van der Waals surface area contributed by atoms with Crippen LogP contribution in [0.15, 0.2) is 12.7 Å². The van der Waals surface area contributed by atoms with Crippen LogP contribution >= 0.6 is 0 Å². The lowest BCUT2D eigenvalue weighted by atomic mass is 10.1. The number of fused-ring (bicyclic) bond motifs is 1. The number of nitrogens with zero attached hydrogens (tertiary/aromatic N) is 4. The van der Waals surface area contributed by atoms with Crippen LogP contribution in [-0.2, 0) is 0 Å². The topological polar surface area (TPSA) is 130 Å². The van der Waals surface area contributed by atoms with Crippen molar-refractivity contribution in [2.24, 2.45) is 5.92 Å². The van der Waals surface area contributed by atoms with Crippen molar-refractivity contribution >= 4 is 17.0 Å². The fourth-order valence-corrected chi connectivity index (χ4v) is 2.70. The first-order valence-corrected chi connectivity index (χ1v) is 6.10. The minimum atomic E-state index is -1.63. The zero-order valence-corrected chi connectivity index (χ0v) is 10.3. The van der Waals surface area contributed by atoms with Crippen LogP contribution in [0.5, 0.6) is 0 Å². The van der Waals surface area contributed by atoms with Crippen LogP contribution in [-0.4, -0.2) is 59.8 Å². The minimum Gasteiger partial charge on any atom is -0.396 e. The van der Waals surface area contributed by atoms with Gasteiger partial charge in [-0.25, -0.2) is 19.3 Å². The van der Waals surface area contributed by atoms with E-state index in [9.17, 15) is 14.6 Å². The largest absolute Gasteiger partial charge is 0.396 e. The zero-order chi connectivity index (χ0) is 14.4. The van der Waals surface area contributed by atoms with Gasteiger partial charge in [0.1, 0.15) is 24.1 Å². The Morgan fingerprint density at radius 2 is 2.00 bits per heavy atom. The molecule has 9 heteroatoms. The third-order valence-corrected chi connectivity index (χ3v) is 3.79. The molecular weight excluding hydrogens is 269 g/mol. The Kier molecular flexibility index (Phi) is 3.04. The first-order valence-electron chi connectivity index (χ1n) is 6.10. The molecule has 0 aromatic carbocycles. The highest BCUT2D eigenvalue weighted by atomic mass is 19.1. The highest BCUT2D eigenvalue weighted by molar-refractivity contribution is 5.81. The molecule has 5 atom stereocenters. The van der Waals surface area contributed by atoms with Crippen molar-refractivity contribution in [2.75, 3.05) is 12.3 Å². The molecule has 0 saturated heterocycles. The summed E-state index contributed by atoms with van der Waals surface area (Å²) >= 11 is 0. The van der Waals surface area contributed by atoms with Gasteiger partial charge in [-0.2, -0.15) is 0 Å². The second-order valence-electron chi connectivity index (χ2n) is 4.85. The number of aromatic nitrogens is 4. The normalized spacial score (nSPS) is 33.9. The number of aliphatic hydroxyl groups excluding tert-OH is 3. The van der Waals surface area contributed by atoms with Gasteiger partial charge >= 0.3 is 0 Å². The monoisotopic (exact) mass is 283 g/mol. The number of aliphatic hydroxyl groups is 3. The van der Waals surface area contributed by atoms with E-state index in [0.717, 1.165) is 0 Å². The molecule has 0 amide bonds. The first-order chi connectivity index (χ1) is 9.56. The summed E-state index contributed by atoms with van der Waals surface area (Å²) in [5.74, 6) is -0.900. The van der Waals surface area contributed by atoms with Gasteiger partial charge in [0.15, 0.2) is 11.5 Å². The lowest BCUT2D eigenvalue weighted by Crippen LogP contribution is -2.30. The van der Waals surface area contributed by atoms with Gasteiger partial charge in [0.05, 0.1) is 25.1 Å². The lowest BCUT2D eigenvalue weighted by Gasteiger charge is -2.19. The van der Waals surface area contributed by atoms with E-state index >= 15 is 0 Å². The van der Waals surface area contributed by atoms with Gasteiger partial charge in [-0.05, 0) is 0 Å². The summed E-state index contributed by atoms with van der Waals surface area (Å²) in [6, 6.07) is -1.08. The molecule has 1 saturated carbocycles. The van der Waals surface area contributed by atoms with Gasteiger partial charge in [-0.3, -0.25) is 0 Å². The van der Waals surface area contributed by atoms with Gasteiger partial charge in [-0.1, -0.05) is 0 Å². The van der Waals surface area contributed by atoms with Crippen LogP contribution < -0.4 is 5.73 Å². The Morgan fingerprint density at radius 3 is 2.65 bits per heavy atom. The summed E-state index contributed by atoms with van der Waals surface area (Å²) in [5.41, 5.74) is 6.22. The highest BCUT2D eigenvalue weighted by Crippen LogP contribution is 2.39. The van der Waals surface area contributed by atoms with Crippen molar-refractivity contribution in [1.29, 1.82) is 0 Å². The van der Waals surface area contributed by atoms with Crippen molar-refractivity contribution in [2.45, 2.75) is 24.4 Å². The molecule has 4 unspecified atom stereocenters. The summed E-state index contributed by atoms with van der Waals surface area (Å²) in [6.45, 7) is -0.556. The number of alkyl halides is 1. The molecule has 5 N–H and O–H groups in total. The molecule has 2 aromatic heterocycles. The molecule has 2 heterocycles. The summed E-state index contributed by atoms with van der Waals surface area (Å²) in [7, 11) is 0. The molecule has 20 heavy (non-hydrogen) atoms. The number of nitrogens with two attached hydrogens (primary N) is 1. The SMILES string of the molecule is Nc1ncnc2c1ncn2C1C(O)C(O)C(CO)[C@H]1F. The Bertz CT molecular complexity index is 636. The Labute approximate surface area is 112 Å². The van der Waals surface area contributed by atoms with Crippen LogP contribution in [0.4, 0.5) is 10.2 Å². The van der Waals surface area contributed by atoms with E-state index < -0.39 is 36.9 Å². The van der Waals surface area contributed by atoms with E-state index in [1.807, 2.05) is 0 Å². The summed E-state index contributed by atoms with van der Waals surface area (Å²) in [5, 5.41) is 28.9. The van der Waals surface area contributed by atoms with Crippen LogP contribution in [0.1, 0.15) is 6.04 Å². The Morgan fingerprint density at radius 1 is 1.25 bits per heavy atom. The number of nitrogen functional groups attached to an aromatic ring is 1. The first kappa shape index (κ1) is 13.2. The van der Waals surface area contributed by atoms with Gasteiger partial charge in [0, 0.05) is 5.92 Å². The summed E-state index contributed by atoms with van der Waals surface area (Å²) < 4.78 is 15.7. The van der Waals surface area contributed by atoms with Crippen LogP contribution in [0.25, 0.3) is 11.2 Å². The quantitative estimate of drug-likeness (QED) is 0.535. The van der Waals surface area contributed by atoms with E-state index in [0.29, 0.717) is 5.52 Å². The van der Waals surface area contributed by atoms with Crippen LogP contribution in [0.2, 0.25) is 0 Å². The third kappa shape index (κ3) is 1.67. The number of anilines is 1. The number of halogens is 1. The molecule has 2 aromatic rings. The predicted octanol–water partition coefficient (Wildman–Crippen LogP) is -1.37. The molecule has 108 valence electrons. The average molecular weight is 283 g/mol. The maximum atomic E-state index is 14.3. The van der Waals surface area contributed by atoms with Crippen molar-refractivity contribution in [3.63, 3.8) is 0 Å². The average Bonchev–Trinajstić information content (AvgIpc) is 2.92. The third-order valence-electron chi connectivity index (χ3n) is 3.79. The molecular formula is C11H14FN5O3. The number of imidazole rings is 1. The number of hydrogen-bond acceptors (Lipinski definition) is 7. The van der Waals surface area contributed by atoms with E-state index in [1.165, 1.54) is 17.2 Å². The smallest absolute Gasteiger partial charge is 0.165 e. The van der Waals surface area contributed by atoms with Gasteiger partial charge in [-0.15, -0.1) is 0 Å². The predicted molar refractivity (Wildman–Crippen MR) is 66.3 cm³/mol. The minimum absolute atomic E-state index is 0.149. The molecule has 8 nitrogen and oxygen atoms in total. The van der Waals surface area contributed by atoms with Gasteiger partial charge < -0.3 is 25.6 Å². The fraction of sp³-hybridized carbons (Fsp3) is 0.545. The van der Waals surface area contributed by atoms with Crippen molar-refractivity contribution in [1.82, 2.24) is 19.5 Å². The summed E-state index contributed by atoms with van der Waals surface area (Å²) in [4.78, 5) is 11.8. The molecule has 0 bridgehead atoms. The summed E-state index contributed by atoms with van der Waals surface area (Å²) in [6.07, 6.45) is -1.83. The molecule has 3 rings (SSSR count). The second-order valence-corrected chi connectivity index (χ2v) is 4.85. The van der Waals surface area contributed by atoms with Crippen molar-refractivity contribution in [3.8, 4) is 0 Å². The Hall–Kier alpha value is -1.84. The fourth-order valence-electron chi connectivity index (χ4n) is 2.70. The van der Waals surface area contributed by atoms with Crippen molar-refractivity contribution in [3.05, 3.63) is 12.7 Å². The lowest BCUT2D eigenvalue weighted by molar-refractivity contribution is -0.00496. The molecule has 0 aliphatic heterocycles. The standard InChI is InChI=1S/C11H14FN5O3/c12-5-4(1-18)8(19)9(20)7(5)17-3-16-6-10(13)14-2-15-11(6)17/h2-5,7-9,18-20H,1H2,(H2,13,14,15)/t4?,5-,7?,8?,9?/m1/s1. The van der Waals surface area contributed by atoms with E-state index in [-0.39, 0.29) is 11.5 Å². The number of hydrogen-bond donors (Lipinski definition) is 4. The second kappa shape index (κ2) is 4.62. The van der Waals surface area contributed by atoms with Gasteiger partial charge in [0.25, 0.3) is 0 Å². The maximum absolute atomic E-state index is 14.3. The molecule has 1 aliphatic rings. The Balaban J connectivity index is 2.09. The molecule has 1 fully saturated rings. The molecule has 0 radical (unpaired) electrons.